The molecule has 0 amide bonds. The van der Waals surface area contributed by atoms with Crippen molar-refractivity contribution in [3.05, 3.63) is 37.0 Å². The molecule has 0 fully saturated rings. The van der Waals surface area contributed by atoms with Gasteiger partial charge in [0.25, 0.3) is 0 Å². The van der Waals surface area contributed by atoms with Gasteiger partial charge in [-0.25, -0.2) is 8.42 Å². The molecule has 0 aliphatic rings. The minimum Gasteiger partial charge on any atom is -0.303 e. The van der Waals surface area contributed by atoms with Crippen LogP contribution in [0.15, 0.2) is 24.5 Å². The fraction of sp³-hybridized carbons (Fsp3) is 0.300. The Balaban J connectivity index is 2.69. The van der Waals surface area contributed by atoms with Gasteiger partial charge >= 0.3 is 0 Å². The maximum atomic E-state index is 11.5. The van der Waals surface area contributed by atoms with Crippen molar-refractivity contribution in [2.75, 3.05) is 5.75 Å². The Hall–Kier alpha value is -1.23. The molecule has 5 heteroatoms. The number of aldehydes is 1. The van der Waals surface area contributed by atoms with Crippen LogP contribution < -0.4 is 0 Å². The third-order valence-electron chi connectivity index (χ3n) is 1.76. The van der Waals surface area contributed by atoms with E-state index >= 15 is 0 Å². The van der Waals surface area contributed by atoms with Gasteiger partial charge in [-0.05, 0) is 24.6 Å². The van der Waals surface area contributed by atoms with Gasteiger partial charge in [-0.15, -0.1) is 0 Å². The largest absolute Gasteiger partial charge is 0.303 e. The SMILES string of the molecule is [CH][C@H](C=O)CS(=O)(=O)Cc1ccncc1. The summed E-state index contributed by atoms with van der Waals surface area (Å²) in [5.41, 5.74) is 0.642. The van der Waals surface area contributed by atoms with Crippen molar-refractivity contribution in [1.29, 1.82) is 0 Å². The summed E-state index contributed by atoms with van der Waals surface area (Å²) in [6, 6.07) is 3.23. The zero-order chi connectivity index (χ0) is 11.3. The topological polar surface area (TPSA) is 64.1 Å². The predicted octanol–water partition coefficient (Wildman–Crippen LogP) is 0.523. The molecule has 4 nitrogen and oxygen atoms in total. The molecule has 0 bridgehead atoms. The summed E-state index contributed by atoms with van der Waals surface area (Å²) in [5.74, 6) is -1.38. The molecule has 0 saturated carbocycles. The highest BCUT2D eigenvalue weighted by Crippen LogP contribution is 2.07. The molecule has 1 aromatic rings. The second-order valence-corrected chi connectivity index (χ2v) is 5.32. The molecule has 0 aromatic carbocycles. The van der Waals surface area contributed by atoms with Gasteiger partial charge in [0, 0.05) is 18.3 Å². The van der Waals surface area contributed by atoms with E-state index in [2.05, 4.69) is 4.98 Å². The van der Waals surface area contributed by atoms with Crippen molar-refractivity contribution in [2.24, 2.45) is 5.92 Å². The van der Waals surface area contributed by atoms with E-state index in [1.54, 1.807) is 12.1 Å². The van der Waals surface area contributed by atoms with Gasteiger partial charge in [0.1, 0.15) is 6.29 Å². The van der Waals surface area contributed by atoms with Crippen molar-refractivity contribution < 1.29 is 13.2 Å². The third kappa shape index (κ3) is 4.20. The second kappa shape index (κ2) is 5.02. The Morgan fingerprint density at radius 1 is 1.40 bits per heavy atom. The molecule has 2 radical (unpaired) electrons. The Kier molecular flexibility index (Phi) is 3.96. The summed E-state index contributed by atoms with van der Waals surface area (Å²) in [4.78, 5) is 14.0. The number of rotatable bonds is 5. The first-order valence-electron chi connectivity index (χ1n) is 4.34. The van der Waals surface area contributed by atoms with E-state index in [4.69, 9.17) is 6.92 Å². The van der Waals surface area contributed by atoms with Crippen LogP contribution in [0.5, 0.6) is 0 Å². The van der Waals surface area contributed by atoms with E-state index < -0.39 is 15.8 Å². The minimum atomic E-state index is -3.33. The van der Waals surface area contributed by atoms with Crippen LogP contribution in [-0.2, 0) is 20.4 Å². The lowest BCUT2D eigenvalue weighted by atomic mass is 10.3. The zero-order valence-corrected chi connectivity index (χ0v) is 8.85. The number of aromatic nitrogens is 1. The van der Waals surface area contributed by atoms with Gasteiger partial charge in [-0.2, -0.15) is 0 Å². The molecule has 1 atom stereocenters. The molecule has 0 aliphatic carbocycles. The van der Waals surface area contributed by atoms with Gasteiger partial charge in [0.2, 0.25) is 0 Å². The molecule has 1 heterocycles. The molecule has 0 aliphatic heterocycles. The average Bonchev–Trinajstić information content (AvgIpc) is 2.17. The second-order valence-electron chi connectivity index (χ2n) is 3.21. The summed E-state index contributed by atoms with van der Waals surface area (Å²) in [6.07, 6.45) is 3.47. The van der Waals surface area contributed by atoms with Crippen LogP contribution >= 0.6 is 0 Å². The maximum Gasteiger partial charge on any atom is 0.155 e. The molecule has 0 unspecified atom stereocenters. The third-order valence-corrected chi connectivity index (χ3v) is 3.42. The highest BCUT2D eigenvalue weighted by Gasteiger charge is 2.16. The summed E-state index contributed by atoms with van der Waals surface area (Å²) in [6.45, 7) is 5.25. The van der Waals surface area contributed by atoms with Crippen LogP contribution in [-0.4, -0.2) is 25.4 Å². The number of carbonyl (C=O) groups is 1. The summed E-state index contributed by atoms with van der Waals surface area (Å²) in [7, 11) is -3.33. The van der Waals surface area contributed by atoms with Crippen LogP contribution in [0.25, 0.3) is 0 Å². The molecule has 1 rings (SSSR count). The molecule has 15 heavy (non-hydrogen) atoms. The van der Waals surface area contributed by atoms with E-state index in [-0.39, 0.29) is 11.5 Å². The Morgan fingerprint density at radius 3 is 2.53 bits per heavy atom. The zero-order valence-electron chi connectivity index (χ0n) is 8.04. The molecule has 0 spiro atoms. The number of nitrogens with zero attached hydrogens (tertiary/aromatic N) is 1. The number of sulfone groups is 1. The molecule has 0 N–H and O–H groups in total. The van der Waals surface area contributed by atoms with E-state index in [9.17, 15) is 13.2 Å². The van der Waals surface area contributed by atoms with Crippen LogP contribution in [0.1, 0.15) is 5.56 Å². The van der Waals surface area contributed by atoms with Crippen molar-refractivity contribution >= 4 is 16.1 Å². The highest BCUT2D eigenvalue weighted by molar-refractivity contribution is 7.90. The molecular weight excluding hydrogens is 214 g/mol. The fourth-order valence-corrected chi connectivity index (χ4v) is 2.61. The summed E-state index contributed by atoms with van der Waals surface area (Å²) in [5, 5.41) is 0. The molecule has 1 aromatic heterocycles. The van der Waals surface area contributed by atoms with Crippen molar-refractivity contribution in [2.45, 2.75) is 5.75 Å². The number of hydrogen-bond donors (Lipinski definition) is 0. The first kappa shape index (κ1) is 11.8. The van der Waals surface area contributed by atoms with Gasteiger partial charge < -0.3 is 4.79 Å². The summed E-state index contributed by atoms with van der Waals surface area (Å²) < 4.78 is 23.0. The lowest BCUT2D eigenvalue weighted by molar-refractivity contribution is -0.109. The van der Waals surface area contributed by atoms with E-state index in [0.717, 1.165) is 0 Å². The molecule has 80 valence electrons. The van der Waals surface area contributed by atoms with Crippen molar-refractivity contribution in [1.82, 2.24) is 4.98 Å². The Morgan fingerprint density at radius 2 is 2.00 bits per heavy atom. The van der Waals surface area contributed by atoms with Gasteiger partial charge in [-0.1, -0.05) is 0 Å². The number of carbonyl (C=O) groups excluding carboxylic acids is 1. The fourth-order valence-electron chi connectivity index (χ4n) is 1.12. The Labute approximate surface area is 89.3 Å². The van der Waals surface area contributed by atoms with Gasteiger partial charge in [-0.3, -0.25) is 4.98 Å². The van der Waals surface area contributed by atoms with Gasteiger partial charge in [0.15, 0.2) is 9.84 Å². The smallest absolute Gasteiger partial charge is 0.155 e. The van der Waals surface area contributed by atoms with Crippen LogP contribution in [0.3, 0.4) is 0 Å². The minimum absolute atomic E-state index is 0.114. The quantitative estimate of drug-likeness (QED) is 0.685. The van der Waals surface area contributed by atoms with Crippen molar-refractivity contribution in [3.8, 4) is 0 Å². The first-order valence-corrected chi connectivity index (χ1v) is 6.16. The molecule has 0 saturated heterocycles. The van der Waals surface area contributed by atoms with Crippen LogP contribution in [0, 0.1) is 12.8 Å². The first-order chi connectivity index (χ1) is 7.03. The van der Waals surface area contributed by atoms with Crippen molar-refractivity contribution in [3.63, 3.8) is 0 Å². The van der Waals surface area contributed by atoms with E-state index in [1.807, 2.05) is 0 Å². The van der Waals surface area contributed by atoms with Gasteiger partial charge in [0.05, 0.1) is 11.5 Å². The number of hydrogen-bond acceptors (Lipinski definition) is 4. The monoisotopic (exact) mass is 225 g/mol. The van der Waals surface area contributed by atoms with Crippen LogP contribution in [0.2, 0.25) is 0 Å². The lowest BCUT2D eigenvalue weighted by Crippen LogP contribution is -2.16. The number of pyridine rings is 1. The average molecular weight is 225 g/mol. The lowest BCUT2D eigenvalue weighted by Gasteiger charge is -2.05. The van der Waals surface area contributed by atoms with E-state index in [0.29, 0.717) is 11.8 Å². The highest BCUT2D eigenvalue weighted by atomic mass is 32.2. The Bertz CT molecular complexity index is 414. The van der Waals surface area contributed by atoms with E-state index in [1.165, 1.54) is 12.4 Å². The maximum absolute atomic E-state index is 11.5. The standard InChI is InChI=1S/C10H11NO3S/c1-9(6-12)7-15(13,14)8-10-2-4-11-5-3-10/h1-6,9H,7-8H2/t9-/m1/s1. The normalized spacial score (nSPS) is 13.4. The predicted molar refractivity (Wildman–Crippen MR) is 55.6 cm³/mol. The van der Waals surface area contributed by atoms with Crippen LogP contribution in [0.4, 0.5) is 0 Å². The summed E-state index contributed by atoms with van der Waals surface area (Å²) >= 11 is 0. The molecular formula is C10H11NO3S.